The summed E-state index contributed by atoms with van der Waals surface area (Å²) in [6, 6.07) is 9.71. The molecule has 0 unspecified atom stereocenters. The molecular weight excluding hydrogens is 354 g/mol. The molecule has 1 atom stereocenters. The summed E-state index contributed by atoms with van der Waals surface area (Å²) >= 11 is 0. The van der Waals surface area contributed by atoms with Crippen molar-refractivity contribution < 1.29 is 5.11 Å². The Bertz CT molecular complexity index is 938. The molecule has 2 fully saturated rings. The van der Waals surface area contributed by atoms with Gasteiger partial charge in [0.1, 0.15) is 5.75 Å². The summed E-state index contributed by atoms with van der Waals surface area (Å²) in [7, 11) is 0. The van der Waals surface area contributed by atoms with Gasteiger partial charge >= 0.3 is 0 Å². The highest BCUT2D eigenvalue weighted by Crippen LogP contribution is 2.30. The van der Waals surface area contributed by atoms with Crippen molar-refractivity contribution in [2.24, 2.45) is 5.92 Å². The average Bonchev–Trinajstić information content (AvgIpc) is 3.19. The number of nitrogens with one attached hydrogen (secondary N) is 1. The Morgan fingerprint density at radius 1 is 1.04 bits per heavy atom. The Morgan fingerprint density at radius 3 is 2.61 bits per heavy atom. The standard InChI is InChI=1S/C20H23N7O/c28-19-11-16(27-22-8-9-23-27)3-4-17(19)18-5-6-20(25-24-18)26-10-7-15(13-26)21-12-14-1-2-14/h3-6,8-9,11,14-15,21,28H,1-2,7,10,12-13H2/t15-/m0/s1. The fourth-order valence-corrected chi connectivity index (χ4v) is 3.64. The molecule has 1 saturated carbocycles. The monoisotopic (exact) mass is 377 g/mol. The first-order chi connectivity index (χ1) is 13.8. The molecule has 2 aromatic heterocycles. The minimum Gasteiger partial charge on any atom is -0.507 e. The number of aromatic hydroxyl groups is 1. The second-order valence-electron chi connectivity index (χ2n) is 7.58. The maximum atomic E-state index is 10.4. The van der Waals surface area contributed by atoms with E-state index in [1.165, 1.54) is 17.6 Å². The molecule has 144 valence electrons. The van der Waals surface area contributed by atoms with Crippen molar-refractivity contribution in [2.75, 3.05) is 24.5 Å². The molecule has 0 spiro atoms. The summed E-state index contributed by atoms with van der Waals surface area (Å²) in [6.45, 7) is 3.11. The molecule has 0 amide bonds. The van der Waals surface area contributed by atoms with Gasteiger partial charge in [0.05, 0.1) is 23.8 Å². The number of aromatic nitrogens is 5. The molecule has 2 N–H and O–H groups in total. The van der Waals surface area contributed by atoms with E-state index in [1.54, 1.807) is 18.5 Å². The second-order valence-corrected chi connectivity index (χ2v) is 7.58. The van der Waals surface area contributed by atoms with E-state index in [2.05, 4.69) is 30.6 Å². The normalized spacial score (nSPS) is 19.3. The van der Waals surface area contributed by atoms with Crippen molar-refractivity contribution in [1.29, 1.82) is 0 Å². The van der Waals surface area contributed by atoms with Crippen LogP contribution in [0.15, 0.2) is 42.7 Å². The Hall–Kier alpha value is -3.00. The maximum absolute atomic E-state index is 10.4. The van der Waals surface area contributed by atoms with Gasteiger partial charge in [-0.15, -0.1) is 10.2 Å². The van der Waals surface area contributed by atoms with E-state index in [0.29, 0.717) is 23.0 Å². The summed E-state index contributed by atoms with van der Waals surface area (Å²) in [5.41, 5.74) is 1.97. The molecule has 3 aromatic rings. The van der Waals surface area contributed by atoms with Gasteiger partial charge in [-0.3, -0.25) is 0 Å². The van der Waals surface area contributed by atoms with Crippen LogP contribution in [0.4, 0.5) is 5.82 Å². The van der Waals surface area contributed by atoms with Crippen LogP contribution in [0.25, 0.3) is 16.9 Å². The van der Waals surface area contributed by atoms with E-state index in [4.69, 9.17) is 0 Å². The topological polar surface area (TPSA) is 92.0 Å². The highest BCUT2D eigenvalue weighted by atomic mass is 16.3. The van der Waals surface area contributed by atoms with Crippen LogP contribution in [0, 0.1) is 5.92 Å². The van der Waals surface area contributed by atoms with Gasteiger partial charge in [0.15, 0.2) is 5.82 Å². The molecule has 1 aliphatic carbocycles. The Morgan fingerprint density at radius 2 is 1.89 bits per heavy atom. The van der Waals surface area contributed by atoms with E-state index in [0.717, 1.165) is 37.8 Å². The third kappa shape index (κ3) is 3.55. The van der Waals surface area contributed by atoms with E-state index in [1.807, 2.05) is 24.3 Å². The highest BCUT2D eigenvalue weighted by molar-refractivity contribution is 5.68. The molecule has 0 radical (unpaired) electrons. The van der Waals surface area contributed by atoms with Gasteiger partial charge < -0.3 is 15.3 Å². The number of nitrogens with zero attached hydrogens (tertiary/aromatic N) is 6. The first-order valence-corrected chi connectivity index (χ1v) is 9.78. The molecule has 0 bridgehead atoms. The zero-order valence-corrected chi connectivity index (χ0v) is 15.6. The first kappa shape index (κ1) is 17.1. The van der Waals surface area contributed by atoms with Crippen LogP contribution in [-0.4, -0.2) is 56.0 Å². The summed E-state index contributed by atoms with van der Waals surface area (Å²) in [5, 5.41) is 31.0. The summed E-state index contributed by atoms with van der Waals surface area (Å²) in [5.74, 6) is 1.91. The van der Waals surface area contributed by atoms with Gasteiger partial charge in [0.25, 0.3) is 0 Å². The molecular formula is C20H23N7O. The van der Waals surface area contributed by atoms with E-state index < -0.39 is 0 Å². The van der Waals surface area contributed by atoms with Crippen molar-refractivity contribution in [3.63, 3.8) is 0 Å². The van der Waals surface area contributed by atoms with E-state index >= 15 is 0 Å². The van der Waals surface area contributed by atoms with Crippen molar-refractivity contribution in [3.05, 3.63) is 42.7 Å². The molecule has 2 aliphatic rings. The average molecular weight is 377 g/mol. The third-order valence-corrected chi connectivity index (χ3v) is 5.46. The van der Waals surface area contributed by atoms with Crippen molar-refractivity contribution in [1.82, 2.24) is 30.5 Å². The molecule has 3 heterocycles. The molecule has 28 heavy (non-hydrogen) atoms. The number of hydrogen-bond acceptors (Lipinski definition) is 7. The number of phenolic OH excluding ortho intramolecular Hbond substituents is 1. The largest absolute Gasteiger partial charge is 0.507 e. The van der Waals surface area contributed by atoms with Gasteiger partial charge in [0, 0.05) is 30.8 Å². The SMILES string of the molecule is Oc1cc(-n2nccn2)ccc1-c1ccc(N2CC[C@H](NCC3CC3)C2)nn1. The zero-order chi connectivity index (χ0) is 18.9. The fourth-order valence-electron chi connectivity index (χ4n) is 3.64. The highest BCUT2D eigenvalue weighted by Gasteiger charge is 2.27. The minimum absolute atomic E-state index is 0.127. The summed E-state index contributed by atoms with van der Waals surface area (Å²) in [6.07, 6.45) is 7.09. The van der Waals surface area contributed by atoms with Crippen LogP contribution in [0.1, 0.15) is 19.3 Å². The van der Waals surface area contributed by atoms with Gasteiger partial charge in [-0.25, -0.2) is 0 Å². The lowest BCUT2D eigenvalue weighted by Gasteiger charge is -2.17. The molecule has 1 aliphatic heterocycles. The minimum atomic E-state index is 0.127. The summed E-state index contributed by atoms with van der Waals surface area (Å²) in [4.78, 5) is 3.73. The number of phenols is 1. The van der Waals surface area contributed by atoms with Crippen LogP contribution >= 0.6 is 0 Å². The predicted molar refractivity (Wildman–Crippen MR) is 105 cm³/mol. The molecule has 8 nitrogen and oxygen atoms in total. The van der Waals surface area contributed by atoms with E-state index in [-0.39, 0.29) is 5.75 Å². The van der Waals surface area contributed by atoms with Crippen LogP contribution in [0.3, 0.4) is 0 Å². The third-order valence-electron chi connectivity index (χ3n) is 5.46. The van der Waals surface area contributed by atoms with Crippen LogP contribution < -0.4 is 10.2 Å². The number of anilines is 1. The van der Waals surface area contributed by atoms with Crippen LogP contribution in [-0.2, 0) is 0 Å². The number of benzene rings is 1. The smallest absolute Gasteiger partial charge is 0.151 e. The first-order valence-electron chi connectivity index (χ1n) is 9.78. The molecule has 1 saturated heterocycles. The zero-order valence-electron chi connectivity index (χ0n) is 15.6. The van der Waals surface area contributed by atoms with Crippen molar-refractivity contribution >= 4 is 5.82 Å². The lowest BCUT2D eigenvalue weighted by atomic mass is 10.1. The molecule has 8 heteroatoms. The molecule has 5 rings (SSSR count). The molecule has 1 aromatic carbocycles. The van der Waals surface area contributed by atoms with Crippen molar-refractivity contribution in [2.45, 2.75) is 25.3 Å². The van der Waals surface area contributed by atoms with Gasteiger partial charge in [-0.05, 0) is 56.0 Å². The second kappa shape index (κ2) is 7.20. The predicted octanol–water partition coefficient (Wildman–Crippen LogP) is 2.01. The van der Waals surface area contributed by atoms with E-state index in [9.17, 15) is 5.11 Å². The quantitative estimate of drug-likeness (QED) is 0.679. The van der Waals surface area contributed by atoms with Crippen LogP contribution in [0.5, 0.6) is 5.75 Å². The van der Waals surface area contributed by atoms with Gasteiger partial charge in [0.2, 0.25) is 0 Å². The Balaban J connectivity index is 1.27. The lowest BCUT2D eigenvalue weighted by Crippen LogP contribution is -2.34. The van der Waals surface area contributed by atoms with Gasteiger partial charge in [-0.2, -0.15) is 15.0 Å². The van der Waals surface area contributed by atoms with Gasteiger partial charge in [-0.1, -0.05) is 0 Å². The number of hydrogen-bond donors (Lipinski definition) is 2. The number of rotatable bonds is 6. The lowest BCUT2D eigenvalue weighted by molar-refractivity contribution is 0.476. The van der Waals surface area contributed by atoms with Crippen LogP contribution in [0.2, 0.25) is 0 Å². The summed E-state index contributed by atoms with van der Waals surface area (Å²) < 4.78 is 0. The van der Waals surface area contributed by atoms with Crippen molar-refractivity contribution in [3.8, 4) is 22.7 Å². The fraction of sp³-hybridized carbons (Fsp3) is 0.400. The Labute approximate surface area is 163 Å². The Kier molecular flexibility index (Phi) is 4.40. The maximum Gasteiger partial charge on any atom is 0.151 e.